The van der Waals surface area contributed by atoms with E-state index < -0.39 is 0 Å². The number of carbonyl (C=O) groups excluding carboxylic acids is 1. The largest absolute Gasteiger partial charge is 0.484 e. The topological polar surface area (TPSA) is 113 Å². The maximum absolute atomic E-state index is 12.5. The van der Waals surface area contributed by atoms with Crippen LogP contribution in [0.15, 0.2) is 39.9 Å². The Morgan fingerprint density at radius 1 is 1.42 bits per heavy atom. The number of amidine groups is 1. The van der Waals surface area contributed by atoms with Crippen molar-refractivity contribution in [2.45, 2.75) is 17.1 Å². The van der Waals surface area contributed by atoms with Gasteiger partial charge < -0.3 is 20.5 Å². The maximum Gasteiger partial charge on any atom is 0.260 e. The predicted octanol–water partition coefficient (Wildman–Crippen LogP) is 4.15. The number of amides is 1. The van der Waals surface area contributed by atoms with Crippen LogP contribution in [0.25, 0.3) is 21.8 Å². The zero-order chi connectivity index (χ0) is 23.4. The van der Waals surface area contributed by atoms with Crippen molar-refractivity contribution >= 4 is 46.2 Å². The van der Waals surface area contributed by atoms with Crippen molar-refractivity contribution in [3.05, 3.63) is 40.6 Å². The molecule has 1 saturated heterocycles. The van der Waals surface area contributed by atoms with E-state index in [0.717, 1.165) is 43.8 Å². The molecule has 33 heavy (non-hydrogen) atoms. The lowest BCUT2D eigenvalue weighted by atomic mass is 9.99. The Kier molecular flexibility index (Phi) is 7.69. The molecule has 1 atom stereocenters. The lowest BCUT2D eigenvalue weighted by Gasteiger charge is -2.31. The molecule has 1 fully saturated rings. The van der Waals surface area contributed by atoms with Gasteiger partial charge in [-0.05, 0) is 43.2 Å². The summed E-state index contributed by atoms with van der Waals surface area (Å²) in [5.41, 5.74) is 8.40. The molecular weight excluding hydrogens is 476 g/mol. The van der Waals surface area contributed by atoms with E-state index in [1.54, 1.807) is 28.0 Å². The van der Waals surface area contributed by atoms with Gasteiger partial charge in [-0.25, -0.2) is 4.98 Å². The molecule has 0 aliphatic carbocycles. The van der Waals surface area contributed by atoms with Gasteiger partial charge in [-0.1, -0.05) is 12.1 Å². The quantitative estimate of drug-likeness (QED) is 0.242. The predicted molar refractivity (Wildman–Crippen MR) is 136 cm³/mol. The van der Waals surface area contributed by atoms with Crippen molar-refractivity contribution in [1.29, 1.82) is 5.41 Å². The number of nitrogens with one attached hydrogen (secondary N) is 1. The SMILES string of the molecule is CSc1sc(C(=N)N)cc1-c1nc(-c2cccc(OCC(=O)N3CCCC(CO)C3)c2)cs1. The first-order valence-electron chi connectivity index (χ1n) is 10.6. The molecule has 0 saturated carbocycles. The summed E-state index contributed by atoms with van der Waals surface area (Å²) in [5.74, 6) is 0.781. The summed E-state index contributed by atoms with van der Waals surface area (Å²) >= 11 is 4.67. The normalized spacial score (nSPS) is 16.1. The molecule has 10 heteroatoms. The van der Waals surface area contributed by atoms with Crippen LogP contribution >= 0.6 is 34.4 Å². The summed E-state index contributed by atoms with van der Waals surface area (Å²) in [6.07, 6.45) is 3.87. The average Bonchev–Trinajstić information content (AvgIpc) is 3.50. The number of ether oxygens (including phenoxy) is 1. The van der Waals surface area contributed by atoms with Gasteiger partial charge in [0.1, 0.15) is 16.6 Å². The minimum absolute atomic E-state index is 0.0241. The Balaban J connectivity index is 1.45. The number of thiophene rings is 1. The first-order chi connectivity index (χ1) is 16.0. The second kappa shape index (κ2) is 10.7. The third-order valence-corrected chi connectivity index (χ3v) is 8.68. The van der Waals surface area contributed by atoms with Crippen LogP contribution in [-0.4, -0.2) is 59.3 Å². The number of thiazole rings is 1. The fourth-order valence-corrected chi connectivity index (χ4v) is 6.47. The molecule has 3 heterocycles. The highest BCUT2D eigenvalue weighted by Gasteiger charge is 2.23. The number of thioether (sulfide) groups is 1. The smallest absolute Gasteiger partial charge is 0.260 e. The van der Waals surface area contributed by atoms with E-state index in [4.69, 9.17) is 20.9 Å². The number of nitrogens with zero attached hydrogens (tertiary/aromatic N) is 2. The molecular formula is C23H26N4O3S3. The molecule has 1 aliphatic rings. The van der Waals surface area contributed by atoms with Crippen molar-refractivity contribution in [1.82, 2.24) is 9.88 Å². The zero-order valence-electron chi connectivity index (χ0n) is 18.2. The number of rotatable bonds is 8. The molecule has 1 aromatic carbocycles. The van der Waals surface area contributed by atoms with Crippen LogP contribution in [0.2, 0.25) is 0 Å². The third kappa shape index (κ3) is 5.57. The van der Waals surface area contributed by atoms with Crippen LogP contribution in [0.4, 0.5) is 0 Å². The van der Waals surface area contributed by atoms with E-state index in [0.29, 0.717) is 18.8 Å². The monoisotopic (exact) mass is 502 g/mol. The molecule has 0 spiro atoms. The number of benzene rings is 1. The second-order valence-corrected chi connectivity index (χ2v) is 10.8. The van der Waals surface area contributed by atoms with Crippen molar-refractivity contribution in [2.75, 3.05) is 32.6 Å². The highest BCUT2D eigenvalue weighted by molar-refractivity contribution is 8.00. The minimum atomic E-state index is -0.0576. The summed E-state index contributed by atoms with van der Waals surface area (Å²) in [5, 5.41) is 20.0. The molecule has 1 aliphatic heterocycles. The Bertz CT molecular complexity index is 1140. The molecule has 4 rings (SSSR count). The summed E-state index contributed by atoms with van der Waals surface area (Å²) < 4.78 is 6.87. The van der Waals surface area contributed by atoms with Crippen LogP contribution in [0.3, 0.4) is 0 Å². The molecule has 2 aromatic heterocycles. The number of hydrogen-bond donors (Lipinski definition) is 3. The Morgan fingerprint density at radius 2 is 2.27 bits per heavy atom. The van der Waals surface area contributed by atoms with E-state index in [9.17, 15) is 9.90 Å². The Labute approximate surface area is 205 Å². The molecule has 174 valence electrons. The number of aliphatic hydroxyl groups excluding tert-OH is 1. The number of nitrogen functional groups attached to an aromatic ring is 1. The van der Waals surface area contributed by atoms with Crippen LogP contribution in [0, 0.1) is 11.3 Å². The number of carbonyl (C=O) groups is 1. The number of nitrogens with two attached hydrogens (primary N) is 1. The van der Waals surface area contributed by atoms with Crippen molar-refractivity contribution in [2.24, 2.45) is 11.7 Å². The number of hydrogen-bond acceptors (Lipinski definition) is 8. The molecule has 0 bridgehead atoms. The van der Waals surface area contributed by atoms with Gasteiger partial charge in [0, 0.05) is 36.2 Å². The second-order valence-electron chi connectivity index (χ2n) is 7.81. The molecule has 1 unspecified atom stereocenters. The van der Waals surface area contributed by atoms with Gasteiger partial charge in [0.2, 0.25) is 0 Å². The molecule has 4 N–H and O–H groups in total. The summed E-state index contributed by atoms with van der Waals surface area (Å²) in [4.78, 5) is 19.9. The van der Waals surface area contributed by atoms with Crippen LogP contribution in [-0.2, 0) is 4.79 Å². The van der Waals surface area contributed by atoms with Crippen molar-refractivity contribution < 1.29 is 14.6 Å². The van der Waals surface area contributed by atoms with Gasteiger partial charge in [-0.3, -0.25) is 10.2 Å². The van der Waals surface area contributed by atoms with Crippen molar-refractivity contribution in [3.8, 4) is 27.6 Å². The number of aliphatic hydroxyl groups is 1. The average molecular weight is 503 g/mol. The third-order valence-electron chi connectivity index (χ3n) is 5.51. The number of piperidine rings is 1. The highest BCUT2D eigenvalue weighted by atomic mass is 32.2. The summed E-state index contributed by atoms with van der Waals surface area (Å²) in [6.45, 7) is 1.39. The Morgan fingerprint density at radius 3 is 3.03 bits per heavy atom. The van der Waals surface area contributed by atoms with Gasteiger partial charge in [-0.15, -0.1) is 34.4 Å². The first-order valence-corrected chi connectivity index (χ1v) is 13.5. The molecule has 1 amide bonds. The van der Waals surface area contributed by atoms with Crippen LogP contribution in [0.5, 0.6) is 5.75 Å². The summed E-state index contributed by atoms with van der Waals surface area (Å²) in [7, 11) is 0. The zero-order valence-corrected chi connectivity index (χ0v) is 20.7. The van der Waals surface area contributed by atoms with Gasteiger partial charge in [0.05, 0.1) is 14.8 Å². The lowest BCUT2D eigenvalue weighted by Crippen LogP contribution is -2.43. The van der Waals surface area contributed by atoms with Gasteiger partial charge >= 0.3 is 0 Å². The standard InChI is InChI=1S/C23H26N4O3S3/c1-31-23-17(9-19(33-23)21(24)25)22-26-18(13-32-22)15-5-2-6-16(8-15)30-12-20(29)27-7-3-4-14(10-27)11-28/h2,5-6,8-9,13-14,28H,3-4,7,10-12H2,1H3,(H3,24,25). The van der Waals surface area contributed by atoms with Gasteiger partial charge in [0.15, 0.2) is 6.61 Å². The molecule has 0 radical (unpaired) electrons. The van der Waals surface area contributed by atoms with E-state index in [1.165, 1.54) is 11.3 Å². The maximum atomic E-state index is 12.5. The first kappa shape index (κ1) is 23.7. The van der Waals surface area contributed by atoms with Gasteiger partial charge in [0.25, 0.3) is 5.91 Å². The van der Waals surface area contributed by atoms with E-state index >= 15 is 0 Å². The molecule has 3 aromatic rings. The summed E-state index contributed by atoms with van der Waals surface area (Å²) in [6, 6.07) is 9.51. The fraction of sp³-hybridized carbons (Fsp3) is 0.348. The van der Waals surface area contributed by atoms with Crippen LogP contribution in [0.1, 0.15) is 17.7 Å². The van der Waals surface area contributed by atoms with Gasteiger partial charge in [-0.2, -0.15) is 0 Å². The Hall–Kier alpha value is -2.40. The van der Waals surface area contributed by atoms with Crippen molar-refractivity contribution in [3.63, 3.8) is 0 Å². The van der Waals surface area contributed by atoms with E-state index in [-0.39, 0.29) is 30.9 Å². The van der Waals surface area contributed by atoms with E-state index in [2.05, 4.69) is 0 Å². The molecule has 7 nitrogen and oxygen atoms in total. The highest BCUT2D eigenvalue weighted by Crippen LogP contribution is 2.40. The van der Waals surface area contributed by atoms with E-state index in [1.807, 2.05) is 42.0 Å². The lowest BCUT2D eigenvalue weighted by molar-refractivity contribution is -0.135. The fourth-order valence-electron chi connectivity index (χ4n) is 3.76. The van der Waals surface area contributed by atoms with Crippen LogP contribution < -0.4 is 10.5 Å². The number of aromatic nitrogens is 1. The number of likely N-dealkylation sites (tertiary alicyclic amines) is 1. The minimum Gasteiger partial charge on any atom is -0.484 e.